The highest BCUT2D eigenvalue weighted by molar-refractivity contribution is 6.91. The number of anilines is 3. The van der Waals surface area contributed by atoms with E-state index in [1.807, 2.05) is 73.7 Å². The summed E-state index contributed by atoms with van der Waals surface area (Å²) < 4.78 is 18.6. The van der Waals surface area contributed by atoms with Gasteiger partial charge in [0.1, 0.15) is 11.5 Å². The molecule has 0 aliphatic carbocycles. The number of para-hydroxylation sites is 3. The number of non-ortho nitro benzene ring substituents is 1. The number of nitro benzene ring substituents is 1. The minimum absolute atomic E-state index is 0.112. The average molecular weight is 756 g/mol. The number of hydrogen-bond donors (Lipinski definition) is 1. The van der Waals surface area contributed by atoms with Gasteiger partial charge in [-0.1, -0.05) is 73.7 Å². The van der Waals surface area contributed by atoms with Gasteiger partial charge in [-0.25, -0.2) is 0 Å². The zero-order chi connectivity index (χ0) is 38.6. The summed E-state index contributed by atoms with van der Waals surface area (Å²) in [6.07, 6.45) is -0.177. The second-order valence-electron chi connectivity index (χ2n) is 14.9. The number of methoxy groups -OCH3 is 1. The number of nitrogens with zero attached hydrogens (tertiary/aromatic N) is 3. The second-order valence-corrected chi connectivity index (χ2v) is 19.6. The highest BCUT2D eigenvalue weighted by Crippen LogP contribution is 2.60. The monoisotopic (exact) mass is 755 g/mol. The van der Waals surface area contributed by atoms with Crippen LogP contribution in [-0.4, -0.2) is 49.7 Å². The summed E-state index contributed by atoms with van der Waals surface area (Å²) >= 11 is 0. The van der Waals surface area contributed by atoms with Crippen LogP contribution in [0.1, 0.15) is 34.8 Å². The van der Waals surface area contributed by atoms with Gasteiger partial charge in [-0.3, -0.25) is 24.6 Å². The van der Waals surface area contributed by atoms with Gasteiger partial charge >= 0.3 is 0 Å². The summed E-state index contributed by atoms with van der Waals surface area (Å²) in [6, 6.07) is 34.4. The summed E-state index contributed by atoms with van der Waals surface area (Å²) in [5, 5.41) is 23.6. The number of benzene rings is 5. The predicted molar refractivity (Wildman–Crippen MR) is 211 cm³/mol. The van der Waals surface area contributed by atoms with Crippen LogP contribution >= 0.6 is 0 Å². The minimum Gasteiger partial charge on any atom is -0.497 e. The fraction of sp³-hybridized carbons (Fsp3) is 0.256. The molecule has 3 aliphatic heterocycles. The molecule has 0 aromatic heterocycles. The van der Waals surface area contributed by atoms with Gasteiger partial charge < -0.3 is 24.2 Å². The zero-order valence-electron chi connectivity index (χ0n) is 31.0. The van der Waals surface area contributed by atoms with Crippen molar-refractivity contribution >= 4 is 47.8 Å². The molecule has 1 N–H and O–H groups in total. The van der Waals surface area contributed by atoms with Crippen LogP contribution < -0.4 is 24.5 Å². The lowest BCUT2D eigenvalue weighted by Crippen LogP contribution is -2.51. The molecule has 1 saturated heterocycles. The third-order valence-corrected chi connectivity index (χ3v) is 16.0. The van der Waals surface area contributed by atoms with Gasteiger partial charge in [-0.2, -0.15) is 0 Å². The molecule has 5 aromatic carbocycles. The van der Waals surface area contributed by atoms with Crippen molar-refractivity contribution in [1.29, 1.82) is 0 Å². The number of rotatable bonds is 9. The Balaban J connectivity index is 1.20. The Labute approximate surface area is 319 Å². The van der Waals surface area contributed by atoms with E-state index in [1.165, 1.54) is 12.1 Å². The largest absolute Gasteiger partial charge is 0.497 e. The van der Waals surface area contributed by atoms with Crippen molar-refractivity contribution in [3.05, 3.63) is 142 Å². The lowest BCUT2D eigenvalue weighted by molar-refractivity contribution is -0.385. The summed E-state index contributed by atoms with van der Waals surface area (Å²) in [4.78, 5) is 44.3. The van der Waals surface area contributed by atoms with Gasteiger partial charge in [0, 0.05) is 35.9 Å². The van der Waals surface area contributed by atoms with Crippen molar-refractivity contribution in [2.45, 2.75) is 50.2 Å². The topological polar surface area (TPSA) is 132 Å². The van der Waals surface area contributed by atoms with Gasteiger partial charge in [-0.15, -0.1) is 0 Å². The molecule has 3 heterocycles. The van der Waals surface area contributed by atoms with Gasteiger partial charge in [0.05, 0.1) is 49.7 Å². The fourth-order valence-corrected chi connectivity index (χ4v) is 13.1. The molecule has 0 unspecified atom stereocenters. The molecular formula is C43H41N3O8Si. The van der Waals surface area contributed by atoms with Crippen LogP contribution in [0.3, 0.4) is 0 Å². The maximum atomic E-state index is 15.2. The zero-order valence-corrected chi connectivity index (χ0v) is 32.0. The Hall–Kier alpha value is -5.82. The number of ether oxygens (including phenoxy) is 3. The van der Waals surface area contributed by atoms with Crippen molar-refractivity contribution in [3.8, 4) is 17.2 Å². The summed E-state index contributed by atoms with van der Waals surface area (Å²) in [5.74, 6) is 0.748. The standard InChI is InChI=1S/C43H41N3O8Si/c1-27-40(55(3,4)32-19-17-31(52-2)18-20-32)39(22-23-47)54-43(27)34-25-30(46(50)51)16-21-35(34)44(42(43)49)26-28-10-9-11-29(24-28)45-36-13-6-8-15-38(36)53-37-14-7-5-12-33(37)41(45)48/h5-21,24-25,27,39-40,47H,22-23,26H2,1-4H3/t27-,39+,40-,43+/m1/s1. The number of fused-ring (bicyclic) bond motifs is 4. The number of carbonyl (C=O) groups is 2. The third-order valence-electron chi connectivity index (χ3n) is 11.6. The van der Waals surface area contributed by atoms with E-state index in [-0.39, 0.29) is 36.2 Å². The highest BCUT2D eigenvalue weighted by atomic mass is 28.3. The van der Waals surface area contributed by atoms with Crippen molar-refractivity contribution in [2.24, 2.45) is 5.92 Å². The van der Waals surface area contributed by atoms with Gasteiger partial charge in [0.2, 0.25) is 0 Å². The van der Waals surface area contributed by atoms with Crippen LogP contribution in [0.2, 0.25) is 18.6 Å². The van der Waals surface area contributed by atoms with E-state index in [4.69, 9.17) is 14.2 Å². The molecule has 4 atom stereocenters. The van der Waals surface area contributed by atoms with Crippen molar-refractivity contribution < 1.29 is 33.8 Å². The Bertz CT molecular complexity index is 2330. The van der Waals surface area contributed by atoms with Crippen molar-refractivity contribution in [1.82, 2.24) is 0 Å². The summed E-state index contributed by atoms with van der Waals surface area (Å²) in [5.41, 5.74) is 1.49. The second kappa shape index (κ2) is 13.8. The number of nitro groups is 1. The molecule has 0 bridgehead atoms. The Morgan fingerprint density at radius 2 is 1.62 bits per heavy atom. The first-order valence-corrected chi connectivity index (χ1v) is 21.4. The fourth-order valence-electron chi connectivity index (χ4n) is 9.01. The van der Waals surface area contributed by atoms with Crippen LogP contribution in [0.5, 0.6) is 17.2 Å². The van der Waals surface area contributed by atoms with Crippen molar-refractivity contribution in [3.63, 3.8) is 0 Å². The predicted octanol–water partition coefficient (Wildman–Crippen LogP) is 7.83. The third kappa shape index (κ3) is 5.79. The number of carbonyl (C=O) groups excluding carboxylic acids is 2. The quantitative estimate of drug-likeness (QED) is 0.0915. The molecule has 280 valence electrons. The Kier molecular flexibility index (Phi) is 9.07. The van der Waals surface area contributed by atoms with Crippen LogP contribution in [0.25, 0.3) is 0 Å². The molecule has 3 aliphatic rings. The lowest BCUT2D eigenvalue weighted by Gasteiger charge is -2.37. The molecule has 8 rings (SSSR count). The normalized spacial score (nSPS) is 21.5. The van der Waals surface area contributed by atoms with E-state index in [0.29, 0.717) is 46.1 Å². The average Bonchev–Trinajstić information content (AvgIpc) is 3.56. The smallest absolute Gasteiger partial charge is 0.269 e. The molecule has 2 amide bonds. The van der Waals surface area contributed by atoms with Crippen LogP contribution in [-0.2, 0) is 21.7 Å². The lowest BCUT2D eigenvalue weighted by atomic mass is 9.82. The van der Waals surface area contributed by atoms with Gasteiger partial charge in [0.15, 0.2) is 11.4 Å². The highest BCUT2D eigenvalue weighted by Gasteiger charge is 2.66. The molecule has 0 saturated carbocycles. The van der Waals surface area contributed by atoms with E-state index < -0.39 is 30.6 Å². The number of hydrogen-bond acceptors (Lipinski definition) is 8. The molecule has 12 heteroatoms. The first-order chi connectivity index (χ1) is 26.5. The molecule has 11 nitrogen and oxygen atoms in total. The first-order valence-electron chi connectivity index (χ1n) is 18.3. The van der Waals surface area contributed by atoms with E-state index >= 15 is 4.79 Å². The SMILES string of the molecule is COc1ccc([Si](C)(C)[C@H]2[C@H](CCO)O[C@@]3(C(=O)N(Cc4cccc(N5C(=O)c6ccccc6Oc6ccccc65)c4)c4ccc([N+](=O)[O-])cc43)[C@@H]2C)cc1. The van der Waals surface area contributed by atoms with Crippen LogP contribution in [0, 0.1) is 16.0 Å². The van der Waals surface area contributed by atoms with E-state index in [1.54, 1.807) is 41.2 Å². The minimum atomic E-state index is -2.46. The number of aliphatic hydroxyl groups excluding tert-OH is 1. The Morgan fingerprint density at radius 3 is 2.35 bits per heavy atom. The molecule has 1 fully saturated rings. The number of amides is 2. The van der Waals surface area contributed by atoms with Crippen LogP contribution in [0.4, 0.5) is 22.7 Å². The van der Waals surface area contributed by atoms with E-state index in [9.17, 15) is 20.0 Å². The first kappa shape index (κ1) is 36.2. The molecule has 5 aromatic rings. The van der Waals surface area contributed by atoms with Crippen LogP contribution in [0.15, 0.2) is 115 Å². The maximum absolute atomic E-state index is 15.2. The van der Waals surface area contributed by atoms with Gasteiger partial charge in [0.25, 0.3) is 17.5 Å². The summed E-state index contributed by atoms with van der Waals surface area (Å²) in [7, 11) is -0.835. The van der Waals surface area contributed by atoms with E-state index in [0.717, 1.165) is 16.5 Å². The number of aliphatic hydroxyl groups is 1. The Morgan fingerprint density at radius 1 is 0.891 bits per heavy atom. The molecule has 55 heavy (non-hydrogen) atoms. The summed E-state index contributed by atoms with van der Waals surface area (Å²) in [6.45, 7) is 6.46. The maximum Gasteiger partial charge on any atom is 0.269 e. The molecule has 1 spiro atoms. The van der Waals surface area contributed by atoms with Crippen molar-refractivity contribution in [2.75, 3.05) is 23.5 Å². The molecular weight excluding hydrogens is 715 g/mol. The molecule has 0 radical (unpaired) electrons. The van der Waals surface area contributed by atoms with Gasteiger partial charge in [-0.05, 0) is 72.1 Å². The van der Waals surface area contributed by atoms with E-state index in [2.05, 4.69) is 25.2 Å².